The Morgan fingerprint density at radius 1 is 1.17 bits per heavy atom. The zero-order chi connectivity index (χ0) is 40.1. The number of amides is 3. The van der Waals surface area contributed by atoms with E-state index in [1.807, 2.05) is 39.6 Å². The van der Waals surface area contributed by atoms with Crippen LogP contribution < -0.4 is 10.6 Å². The predicted octanol–water partition coefficient (Wildman–Crippen LogP) is 5.09. The first-order valence-electron chi connectivity index (χ1n) is 18.8. The Morgan fingerprint density at radius 3 is 2.50 bits per heavy atom. The third kappa shape index (κ3) is 12.3. The number of aromatic nitrogens is 1. The smallest absolute Gasteiger partial charge is 0.311 e. The minimum absolute atomic E-state index is 0.0110. The molecule has 0 spiro atoms. The highest BCUT2D eigenvalue weighted by Crippen LogP contribution is 2.32. The van der Waals surface area contributed by atoms with Gasteiger partial charge in [0.15, 0.2) is 6.10 Å². The van der Waals surface area contributed by atoms with Gasteiger partial charge in [0.25, 0.3) is 5.91 Å². The number of carbonyl (C=O) groups excluding carboxylic acids is 4. The second kappa shape index (κ2) is 21.2. The van der Waals surface area contributed by atoms with Crippen LogP contribution in [-0.2, 0) is 28.7 Å². The number of benzene rings is 1. The number of nitrogens with one attached hydrogen (secondary N) is 2. The molecule has 0 aliphatic carbocycles. The molecular formula is C39H58FN5O8S. The number of likely N-dealkylation sites (tertiary alicyclic amines) is 1. The van der Waals surface area contributed by atoms with Crippen molar-refractivity contribution in [3.05, 3.63) is 51.2 Å². The fourth-order valence-corrected chi connectivity index (χ4v) is 7.72. The van der Waals surface area contributed by atoms with Crippen LogP contribution in [0.5, 0.6) is 0 Å². The van der Waals surface area contributed by atoms with Crippen LogP contribution in [0.15, 0.2) is 23.6 Å². The lowest BCUT2D eigenvalue weighted by Crippen LogP contribution is -2.59. The third-order valence-electron chi connectivity index (χ3n) is 10.3. The Kier molecular flexibility index (Phi) is 17.5. The van der Waals surface area contributed by atoms with Crippen molar-refractivity contribution in [3.8, 4) is 0 Å². The van der Waals surface area contributed by atoms with Crippen LogP contribution in [0.25, 0.3) is 0 Å². The molecule has 2 aromatic rings. The fraction of sp³-hybridized carbons (Fsp3) is 0.641. The molecule has 1 fully saturated rings. The van der Waals surface area contributed by atoms with E-state index in [1.165, 1.54) is 30.5 Å². The number of nitrogens with zero attached hydrogens (tertiary/aromatic N) is 3. The number of likely N-dealkylation sites (N-methyl/N-ethyl adjacent to an activating group) is 1. The van der Waals surface area contributed by atoms with Crippen molar-refractivity contribution < 1.29 is 42.9 Å². The van der Waals surface area contributed by atoms with E-state index in [9.17, 15) is 33.5 Å². The van der Waals surface area contributed by atoms with Crippen LogP contribution >= 0.6 is 11.3 Å². The van der Waals surface area contributed by atoms with Crippen molar-refractivity contribution in [3.63, 3.8) is 0 Å². The van der Waals surface area contributed by atoms with E-state index in [2.05, 4.69) is 15.6 Å². The van der Waals surface area contributed by atoms with Gasteiger partial charge in [0.05, 0.1) is 18.6 Å². The van der Waals surface area contributed by atoms with E-state index in [-0.39, 0.29) is 67.9 Å². The first-order chi connectivity index (χ1) is 25.6. The Hall–Kier alpha value is -3.95. The SMILES string of the molecule is CCC(C)C(NC(=O)C1CCCCN1C)C(=O)N(CCOC)[C@H](C[C@@H](OC(C)=O)c1nc(C(=O)NCC[C@@H](C(=O)O)c2cc(F)ccc2C)cs1)C(C)C. The number of halogens is 1. The molecule has 2 heterocycles. The van der Waals surface area contributed by atoms with Gasteiger partial charge in [-0.05, 0) is 74.9 Å². The summed E-state index contributed by atoms with van der Waals surface area (Å²) in [6.45, 7) is 12.1. The van der Waals surface area contributed by atoms with Gasteiger partial charge in [0, 0.05) is 45.0 Å². The van der Waals surface area contributed by atoms with E-state index in [4.69, 9.17) is 9.47 Å². The molecule has 300 valence electrons. The molecule has 1 aromatic heterocycles. The quantitative estimate of drug-likeness (QED) is 0.154. The molecule has 0 radical (unpaired) electrons. The number of thiazole rings is 1. The molecule has 13 nitrogen and oxygen atoms in total. The average Bonchev–Trinajstić information content (AvgIpc) is 3.62. The lowest BCUT2D eigenvalue weighted by molar-refractivity contribution is -0.150. The maximum atomic E-state index is 14.6. The number of esters is 1. The lowest BCUT2D eigenvalue weighted by atomic mass is 9.92. The van der Waals surface area contributed by atoms with Crippen LogP contribution in [0.1, 0.15) is 112 Å². The summed E-state index contributed by atoms with van der Waals surface area (Å²) in [5.74, 6) is -4.52. The average molecular weight is 776 g/mol. The number of hydrogen-bond acceptors (Lipinski definition) is 10. The second-order valence-electron chi connectivity index (χ2n) is 14.5. The molecule has 1 aliphatic heterocycles. The molecule has 54 heavy (non-hydrogen) atoms. The van der Waals surface area contributed by atoms with E-state index in [0.29, 0.717) is 22.6 Å². The summed E-state index contributed by atoms with van der Waals surface area (Å²) in [7, 11) is 3.48. The van der Waals surface area contributed by atoms with Gasteiger partial charge < -0.3 is 30.1 Å². The van der Waals surface area contributed by atoms with Crippen LogP contribution in [0.2, 0.25) is 0 Å². The van der Waals surface area contributed by atoms with Crippen LogP contribution in [0.3, 0.4) is 0 Å². The van der Waals surface area contributed by atoms with E-state index in [0.717, 1.165) is 37.1 Å². The van der Waals surface area contributed by atoms with Gasteiger partial charge in [0.2, 0.25) is 11.8 Å². The van der Waals surface area contributed by atoms with Gasteiger partial charge in [-0.3, -0.25) is 28.9 Å². The van der Waals surface area contributed by atoms with Gasteiger partial charge in [-0.25, -0.2) is 9.37 Å². The molecule has 0 saturated carbocycles. The number of rotatable bonds is 20. The molecule has 1 aromatic carbocycles. The molecule has 3 N–H and O–H groups in total. The molecule has 0 bridgehead atoms. The van der Waals surface area contributed by atoms with Crippen LogP contribution in [0.4, 0.5) is 4.39 Å². The number of carbonyl (C=O) groups is 5. The van der Waals surface area contributed by atoms with Crippen molar-refractivity contribution in [1.82, 2.24) is 25.4 Å². The fourth-order valence-electron chi connectivity index (χ4n) is 6.88. The number of carboxylic acid groups (broad SMARTS) is 1. The highest BCUT2D eigenvalue weighted by Gasteiger charge is 2.38. The summed E-state index contributed by atoms with van der Waals surface area (Å²) in [6.07, 6.45) is 2.63. The largest absolute Gasteiger partial charge is 0.481 e. The van der Waals surface area contributed by atoms with Crippen molar-refractivity contribution in [2.24, 2.45) is 11.8 Å². The van der Waals surface area contributed by atoms with Gasteiger partial charge >= 0.3 is 11.9 Å². The summed E-state index contributed by atoms with van der Waals surface area (Å²) in [6, 6.07) is 2.41. The summed E-state index contributed by atoms with van der Waals surface area (Å²) in [5.41, 5.74) is 1.02. The number of aryl methyl sites for hydroxylation is 1. The van der Waals surface area contributed by atoms with Crippen molar-refractivity contribution in [1.29, 1.82) is 0 Å². The van der Waals surface area contributed by atoms with Gasteiger partial charge in [-0.15, -0.1) is 11.3 Å². The standard InChI is InChI=1S/C39H58FN5O8S/c1-9-24(4)34(43-36(48)31-12-10-11-17-44(31)7)38(49)45(18-19-52-8)32(23(2)3)21-33(53-26(6)46)37-42-30(22-54-37)35(47)41-16-15-28(39(50)51)29-20-27(40)14-13-25(29)5/h13-14,20,22-24,28,31-34H,9-12,15-19,21H2,1-8H3,(H,41,47)(H,43,48)(H,50,51)/t24?,28-,31?,32-,33-,34?/m1/s1. The van der Waals surface area contributed by atoms with E-state index >= 15 is 0 Å². The van der Waals surface area contributed by atoms with Crippen LogP contribution in [0, 0.1) is 24.6 Å². The zero-order valence-electron chi connectivity index (χ0n) is 32.9. The molecule has 3 rings (SSSR count). The number of ether oxygens (including phenoxy) is 2. The van der Waals surface area contributed by atoms with E-state index in [1.54, 1.807) is 18.9 Å². The molecule has 6 atom stereocenters. The van der Waals surface area contributed by atoms with E-state index < -0.39 is 47.8 Å². The predicted molar refractivity (Wildman–Crippen MR) is 204 cm³/mol. The second-order valence-corrected chi connectivity index (χ2v) is 15.4. The Balaban J connectivity index is 1.83. The van der Waals surface area contributed by atoms with Crippen molar-refractivity contribution in [2.45, 2.75) is 110 Å². The van der Waals surface area contributed by atoms with Gasteiger partial charge in [-0.1, -0.05) is 46.6 Å². The minimum atomic E-state index is -1.13. The van der Waals surface area contributed by atoms with Crippen LogP contribution in [-0.4, -0.2) is 108 Å². The Labute approximate surface area is 322 Å². The molecule has 3 amide bonds. The highest BCUT2D eigenvalue weighted by molar-refractivity contribution is 7.09. The maximum absolute atomic E-state index is 14.6. The van der Waals surface area contributed by atoms with Gasteiger partial charge in [-0.2, -0.15) is 0 Å². The normalized spacial score (nSPS) is 17.6. The number of methoxy groups -OCH3 is 1. The van der Waals surface area contributed by atoms with Gasteiger partial charge in [0.1, 0.15) is 22.6 Å². The first-order valence-corrected chi connectivity index (χ1v) is 19.7. The molecular weight excluding hydrogens is 718 g/mol. The lowest BCUT2D eigenvalue weighted by Gasteiger charge is -2.40. The third-order valence-corrected chi connectivity index (χ3v) is 11.2. The highest BCUT2D eigenvalue weighted by atomic mass is 32.1. The molecule has 1 aliphatic rings. The topological polar surface area (TPSA) is 167 Å². The Morgan fingerprint density at radius 2 is 1.89 bits per heavy atom. The zero-order valence-corrected chi connectivity index (χ0v) is 33.7. The minimum Gasteiger partial charge on any atom is -0.481 e. The summed E-state index contributed by atoms with van der Waals surface area (Å²) in [4.78, 5) is 74.0. The number of aliphatic carboxylic acids is 1. The first kappa shape index (κ1) is 44.4. The molecule has 15 heteroatoms. The monoisotopic (exact) mass is 775 g/mol. The molecule has 1 saturated heterocycles. The summed E-state index contributed by atoms with van der Waals surface area (Å²) in [5, 5.41) is 17.5. The number of carboxylic acids is 1. The summed E-state index contributed by atoms with van der Waals surface area (Å²) >= 11 is 1.13. The van der Waals surface area contributed by atoms with Crippen molar-refractivity contribution >= 4 is 41.0 Å². The maximum Gasteiger partial charge on any atom is 0.311 e. The molecule has 3 unspecified atom stereocenters. The number of piperidine rings is 1. The van der Waals surface area contributed by atoms with Crippen molar-refractivity contribution in [2.75, 3.05) is 40.4 Å². The Bertz CT molecular complexity index is 1590. The number of hydrogen-bond donors (Lipinski definition) is 3. The summed E-state index contributed by atoms with van der Waals surface area (Å²) < 4.78 is 25.1.